The lowest BCUT2D eigenvalue weighted by atomic mass is 10.1. The summed E-state index contributed by atoms with van der Waals surface area (Å²) in [6, 6.07) is 8.73. The maximum absolute atomic E-state index is 12.0. The zero-order chi connectivity index (χ0) is 13.1. The van der Waals surface area contributed by atoms with Crippen molar-refractivity contribution >= 4 is 23.3 Å². The lowest BCUT2D eigenvalue weighted by Crippen LogP contribution is -2.12. The van der Waals surface area contributed by atoms with Crippen LogP contribution in [0, 0.1) is 0 Å². The molecule has 0 unspecified atom stereocenters. The van der Waals surface area contributed by atoms with E-state index in [-0.39, 0.29) is 5.91 Å². The van der Waals surface area contributed by atoms with Crippen LogP contribution in [0.2, 0.25) is 5.02 Å². The standard InChI is InChI=1S/C13H14ClN3O/c1-8(2)11-7-12(17-16-11)15-13(18)9-5-3-4-6-10(9)14/h3-8H,1-2H3,(H2,15,16,17,18). The maximum atomic E-state index is 12.0. The van der Waals surface area contributed by atoms with Crippen LogP contribution < -0.4 is 5.32 Å². The quantitative estimate of drug-likeness (QED) is 0.891. The van der Waals surface area contributed by atoms with Gasteiger partial charge < -0.3 is 5.32 Å². The first-order valence-electron chi connectivity index (χ1n) is 5.69. The molecule has 2 rings (SSSR count). The molecule has 0 saturated carbocycles. The molecule has 94 valence electrons. The van der Waals surface area contributed by atoms with Gasteiger partial charge in [-0.2, -0.15) is 5.10 Å². The average Bonchev–Trinajstić information content (AvgIpc) is 2.78. The predicted molar refractivity (Wildman–Crippen MR) is 72.1 cm³/mol. The molecule has 5 heteroatoms. The van der Waals surface area contributed by atoms with Crippen molar-refractivity contribution in [2.45, 2.75) is 19.8 Å². The van der Waals surface area contributed by atoms with Gasteiger partial charge in [-0.1, -0.05) is 37.6 Å². The van der Waals surface area contributed by atoms with Gasteiger partial charge in [0.2, 0.25) is 0 Å². The molecule has 2 N–H and O–H groups in total. The monoisotopic (exact) mass is 263 g/mol. The zero-order valence-corrected chi connectivity index (χ0v) is 11.0. The number of carbonyl (C=O) groups is 1. The molecule has 4 nitrogen and oxygen atoms in total. The molecule has 1 heterocycles. The van der Waals surface area contributed by atoms with E-state index in [4.69, 9.17) is 11.6 Å². The van der Waals surface area contributed by atoms with Crippen LogP contribution in [0.25, 0.3) is 0 Å². The molecule has 0 spiro atoms. The Kier molecular flexibility index (Phi) is 3.67. The second kappa shape index (κ2) is 5.23. The number of nitrogens with zero attached hydrogens (tertiary/aromatic N) is 1. The Morgan fingerprint density at radius 1 is 1.39 bits per heavy atom. The summed E-state index contributed by atoms with van der Waals surface area (Å²) < 4.78 is 0. The summed E-state index contributed by atoms with van der Waals surface area (Å²) >= 11 is 5.95. The van der Waals surface area contributed by atoms with Crippen LogP contribution in [0.4, 0.5) is 5.82 Å². The minimum Gasteiger partial charge on any atom is -0.305 e. The summed E-state index contributed by atoms with van der Waals surface area (Å²) in [4.78, 5) is 12.0. The Morgan fingerprint density at radius 3 is 2.72 bits per heavy atom. The highest BCUT2D eigenvalue weighted by molar-refractivity contribution is 6.34. The smallest absolute Gasteiger partial charge is 0.258 e. The van der Waals surface area contributed by atoms with Crippen molar-refractivity contribution < 1.29 is 4.79 Å². The number of amides is 1. The van der Waals surface area contributed by atoms with Crippen molar-refractivity contribution in [2.24, 2.45) is 0 Å². The lowest BCUT2D eigenvalue weighted by Gasteiger charge is -2.03. The molecule has 0 aliphatic heterocycles. The van der Waals surface area contributed by atoms with Gasteiger partial charge in [0, 0.05) is 11.8 Å². The first-order chi connectivity index (χ1) is 8.58. The van der Waals surface area contributed by atoms with E-state index in [9.17, 15) is 4.79 Å². The fourth-order valence-electron chi connectivity index (χ4n) is 1.53. The van der Waals surface area contributed by atoms with Crippen LogP contribution in [0.5, 0.6) is 0 Å². The van der Waals surface area contributed by atoms with Crippen molar-refractivity contribution in [1.82, 2.24) is 10.2 Å². The molecule has 0 aliphatic carbocycles. The molecule has 0 saturated heterocycles. The molecule has 2 aromatic rings. The highest BCUT2D eigenvalue weighted by Gasteiger charge is 2.12. The predicted octanol–water partition coefficient (Wildman–Crippen LogP) is 3.44. The molecular weight excluding hydrogens is 250 g/mol. The molecule has 1 aromatic heterocycles. The second-order valence-electron chi connectivity index (χ2n) is 4.30. The zero-order valence-electron chi connectivity index (χ0n) is 10.2. The van der Waals surface area contributed by atoms with E-state index >= 15 is 0 Å². The maximum Gasteiger partial charge on any atom is 0.258 e. The minimum atomic E-state index is -0.262. The lowest BCUT2D eigenvalue weighted by molar-refractivity contribution is 0.102. The summed E-state index contributed by atoms with van der Waals surface area (Å²) in [5.41, 5.74) is 1.41. The van der Waals surface area contributed by atoms with Gasteiger partial charge in [-0.05, 0) is 18.1 Å². The number of halogens is 1. The first-order valence-corrected chi connectivity index (χ1v) is 6.07. The Hall–Kier alpha value is -1.81. The molecule has 18 heavy (non-hydrogen) atoms. The number of carbonyl (C=O) groups excluding carboxylic acids is 1. The Labute approximate surface area is 110 Å². The van der Waals surface area contributed by atoms with Gasteiger partial charge in [0.15, 0.2) is 5.82 Å². The van der Waals surface area contributed by atoms with E-state index in [1.807, 2.05) is 19.9 Å². The van der Waals surface area contributed by atoms with Crippen LogP contribution in [-0.4, -0.2) is 16.1 Å². The van der Waals surface area contributed by atoms with Crippen molar-refractivity contribution in [1.29, 1.82) is 0 Å². The van der Waals surface area contributed by atoms with E-state index in [1.165, 1.54) is 0 Å². The fraction of sp³-hybridized carbons (Fsp3) is 0.231. The van der Waals surface area contributed by atoms with Crippen LogP contribution in [0.15, 0.2) is 30.3 Å². The van der Waals surface area contributed by atoms with Gasteiger partial charge >= 0.3 is 0 Å². The van der Waals surface area contributed by atoms with Crippen molar-refractivity contribution in [3.63, 3.8) is 0 Å². The van der Waals surface area contributed by atoms with Gasteiger partial charge in [-0.25, -0.2) is 0 Å². The highest BCUT2D eigenvalue weighted by Crippen LogP contribution is 2.18. The number of nitrogens with one attached hydrogen (secondary N) is 2. The van der Waals surface area contributed by atoms with Gasteiger partial charge in [0.05, 0.1) is 10.6 Å². The molecule has 1 amide bonds. The Balaban J connectivity index is 2.14. The largest absolute Gasteiger partial charge is 0.305 e. The van der Waals surface area contributed by atoms with Gasteiger partial charge in [-0.15, -0.1) is 0 Å². The van der Waals surface area contributed by atoms with Crippen LogP contribution >= 0.6 is 11.6 Å². The number of H-pyrrole nitrogens is 1. The number of aromatic nitrogens is 2. The topological polar surface area (TPSA) is 57.8 Å². The molecular formula is C13H14ClN3O. The van der Waals surface area contributed by atoms with Crippen LogP contribution in [0.3, 0.4) is 0 Å². The SMILES string of the molecule is CC(C)c1cc(NC(=O)c2ccccc2Cl)n[nH]1. The van der Waals surface area contributed by atoms with Gasteiger partial charge in [0.25, 0.3) is 5.91 Å². The van der Waals surface area contributed by atoms with E-state index < -0.39 is 0 Å². The number of hydrogen-bond donors (Lipinski definition) is 2. The normalized spacial score (nSPS) is 10.7. The summed E-state index contributed by atoms with van der Waals surface area (Å²) in [6.07, 6.45) is 0. The number of rotatable bonds is 3. The average molecular weight is 264 g/mol. The molecule has 0 radical (unpaired) electrons. The van der Waals surface area contributed by atoms with E-state index in [0.717, 1.165) is 5.69 Å². The third kappa shape index (κ3) is 2.71. The minimum absolute atomic E-state index is 0.262. The Morgan fingerprint density at radius 2 is 2.11 bits per heavy atom. The van der Waals surface area contributed by atoms with Crippen molar-refractivity contribution in [3.05, 3.63) is 46.6 Å². The molecule has 0 atom stereocenters. The summed E-state index contributed by atoms with van der Waals surface area (Å²) in [5, 5.41) is 10.0. The Bertz CT molecular complexity index is 563. The summed E-state index contributed by atoms with van der Waals surface area (Å²) in [7, 11) is 0. The third-order valence-corrected chi connectivity index (χ3v) is 2.91. The summed E-state index contributed by atoms with van der Waals surface area (Å²) in [5.74, 6) is 0.578. The molecule has 1 aromatic carbocycles. The van der Waals surface area contributed by atoms with Crippen LogP contribution in [0.1, 0.15) is 35.8 Å². The fourth-order valence-corrected chi connectivity index (χ4v) is 1.75. The molecule has 0 aliphatic rings. The first kappa shape index (κ1) is 12.6. The highest BCUT2D eigenvalue weighted by atomic mass is 35.5. The number of benzene rings is 1. The van der Waals surface area contributed by atoms with Gasteiger partial charge in [-0.3, -0.25) is 9.89 Å². The van der Waals surface area contributed by atoms with Crippen molar-refractivity contribution in [3.8, 4) is 0 Å². The van der Waals surface area contributed by atoms with E-state index in [1.54, 1.807) is 24.3 Å². The van der Waals surface area contributed by atoms with Crippen LogP contribution in [-0.2, 0) is 0 Å². The second-order valence-corrected chi connectivity index (χ2v) is 4.70. The molecule has 0 fully saturated rings. The number of aromatic amines is 1. The van der Waals surface area contributed by atoms with Gasteiger partial charge in [0.1, 0.15) is 0 Å². The van der Waals surface area contributed by atoms with E-state index in [0.29, 0.717) is 22.3 Å². The number of hydrogen-bond acceptors (Lipinski definition) is 2. The number of anilines is 1. The summed E-state index contributed by atoms with van der Waals surface area (Å²) in [6.45, 7) is 4.10. The molecule has 0 bridgehead atoms. The van der Waals surface area contributed by atoms with E-state index in [2.05, 4.69) is 15.5 Å². The van der Waals surface area contributed by atoms with Crippen molar-refractivity contribution in [2.75, 3.05) is 5.32 Å². The third-order valence-electron chi connectivity index (χ3n) is 2.58.